The molecule has 3 rings (SSSR count). The van der Waals surface area contributed by atoms with Crippen molar-refractivity contribution in [3.8, 4) is 6.07 Å². The summed E-state index contributed by atoms with van der Waals surface area (Å²) >= 11 is 0. The number of anilines is 1. The number of fused-ring (bicyclic) bond motifs is 1. The van der Waals surface area contributed by atoms with Gasteiger partial charge in [0.2, 0.25) is 0 Å². The first kappa shape index (κ1) is 14.9. The van der Waals surface area contributed by atoms with Gasteiger partial charge in [0.05, 0.1) is 11.8 Å². The zero-order valence-electron chi connectivity index (χ0n) is 11.7. The number of benzene rings is 1. The first-order valence-corrected chi connectivity index (χ1v) is 7.91. The Morgan fingerprint density at radius 3 is 2.87 bits per heavy atom. The molecule has 7 nitrogen and oxygen atoms in total. The lowest BCUT2D eigenvalue weighted by molar-refractivity contribution is 0.592. The summed E-state index contributed by atoms with van der Waals surface area (Å²) in [5, 5.41) is 16.4. The van der Waals surface area contributed by atoms with Crippen LogP contribution < -0.4 is 4.31 Å². The number of halogens is 1. The van der Waals surface area contributed by atoms with Crippen LogP contribution in [0.4, 0.5) is 10.1 Å². The van der Waals surface area contributed by atoms with Crippen molar-refractivity contribution in [1.29, 1.82) is 5.26 Å². The van der Waals surface area contributed by atoms with E-state index in [1.807, 2.05) is 0 Å². The second-order valence-electron chi connectivity index (χ2n) is 4.61. The van der Waals surface area contributed by atoms with Crippen molar-refractivity contribution in [3.05, 3.63) is 54.7 Å². The van der Waals surface area contributed by atoms with E-state index in [0.29, 0.717) is 5.65 Å². The number of hydrogen-bond donors (Lipinski definition) is 0. The van der Waals surface area contributed by atoms with Gasteiger partial charge in [0.1, 0.15) is 23.6 Å². The third-order valence-corrected chi connectivity index (χ3v) is 4.92. The molecule has 3 aromatic rings. The number of nitrogens with zero attached hydrogens (tertiary/aromatic N) is 5. The molecule has 0 fully saturated rings. The maximum absolute atomic E-state index is 13.4. The molecule has 0 radical (unpaired) electrons. The van der Waals surface area contributed by atoms with Gasteiger partial charge >= 0.3 is 0 Å². The van der Waals surface area contributed by atoms with Gasteiger partial charge in [0, 0.05) is 6.20 Å². The summed E-state index contributed by atoms with van der Waals surface area (Å²) in [7, 11) is -4.03. The topological polar surface area (TPSA) is 91.4 Å². The van der Waals surface area contributed by atoms with Gasteiger partial charge < -0.3 is 0 Å². The van der Waals surface area contributed by atoms with Gasteiger partial charge in [-0.2, -0.15) is 5.26 Å². The lowest BCUT2D eigenvalue weighted by atomic mass is 10.3. The van der Waals surface area contributed by atoms with Crippen molar-refractivity contribution in [2.45, 2.75) is 4.90 Å². The molecule has 0 saturated heterocycles. The van der Waals surface area contributed by atoms with Crippen molar-refractivity contribution in [2.75, 3.05) is 10.8 Å². The SMILES string of the molecule is N#CCN(c1cccc(F)c1)S(=O)(=O)c1ccc2nncn2c1. The average Bonchev–Trinajstić information content (AvgIpc) is 3.00. The molecule has 23 heavy (non-hydrogen) atoms. The number of sulfonamides is 1. The average molecular weight is 331 g/mol. The minimum atomic E-state index is -4.03. The molecule has 0 aliphatic rings. The highest BCUT2D eigenvalue weighted by Gasteiger charge is 2.25. The molecule has 0 spiro atoms. The van der Waals surface area contributed by atoms with Crippen LogP contribution in [0, 0.1) is 17.1 Å². The summed E-state index contributed by atoms with van der Waals surface area (Å²) in [4.78, 5) is -0.0516. The van der Waals surface area contributed by atoms with Gasteiger partial charge in [-0.25, -0.2) is 12.8 Å². The van der Waals surface area contributed by atoms with Gasteiger partial charge in [-0.1, -0.05) is 6.07 Å². The largest absolute Gasteiger partial charge is 0.288 e. The Bertz CT molecular complexity index is 1010. The number of nitriles is 1. The third kappa shape index (κ3) is 2.72. The Kier molecular flexibility index (Phi) is 3.67. The summed E-state index contributed by atoms with van der Waals surface area (Å²) < 4.78 is 41.3. The maximum Gasteiger partial charge on any atom is 0.266 e. The minimum Gasteiger partial charge on any atom is -0.288 e. The summed E-state index contributed by atoms with van der Waals surface area (Å²) in [6.07, 6.45) is 2.71. The minimum absolute atomic E-state index is 0.0516. The normalized spacial score (nSPS) is 11.3. The Morgan fingerprint density at radius 2 is 2.13 bits per heavy atom. The van der Waals surface area contributed by atoms with E-state index in [1.165, 1.54) is 47.3 Å². The van der Waals surface area contributed by atoms with Crippen LogP contribution in [0.3, 0.4) is 0 Å². The second kappa shape index (κ2) is 5.66. The number of rotatable bonds is 4. The van der Waals surface area contributed by atoms with Gasteiger partial charge in [-0.05, 0) is 30.3 Å². The molecule has 2 heterocycles. The van der Waals surface area contributed by atoms with Gasteiger partial charge in [-0.3, -0.25) is 8.71 Å². The van der Waals surface area contributed by atoms with E-state index in [1.54, 1.807) is 6.07 Å². The quantitative estimate of drug-likeness (QED) is 0.677. The maximum atomic E-state index is 13.4. The highest BCUT2D eigenvalue weighted by molar-refractivity contribution is 7.92. The van der Waals surface area contributed by atoms with Gasteiger partial charge in [-0.15, -0.1) is 10.2 Å². The van der Waals surface area contributed by atoms with Crippen molar-refractivity contribution in [1.82, 2.24) is 14.6 Å². The Morgan fingerprint density at radius 1 is 1.30 bits per heavy atom. The van der Waals surface area contributed by atoms with Crippen LogP contribution in [0.15, 0.2) is 53.8 Å². The fourth-order valence-corrected chi connectivity index (χ4v) is 3.46. The molecule has 0 aliphatic heterocycles. The van der Waals surface area contributed by atoms with Crippen LogP contribution >= 0.6 is 0 Å². The highest BCUT2D eigenvalue weighted by atomic mass is 32.2. The third-order valence-electron chi connectivity index (χ3n) is 3.16. The number of aromatic nitrogens is 3. The van der Waals surface area contributed by atoms with E-state index in [2.05, 4.69) is 10.2 Å². The van der Waals surface area contributed by atoms with Crippen molar-refractivity contribution in [3.63, 3.8) is 0 Å². The van der Waals surface area contributed by atoms with Gasteiger partial charge in [0.25, 0.3) is 10.0 Å². The van der Waals surface area contributed by atoms with Crippen molar-refractivity contribution >= 4 is 21.4 Å². The molecule has 1 aromatic carbocycles. The van der Waals surface area contributed by atoms with E-state index < -0.39 is 22.4 Å². The molecular formula is C14H10FN5O2S. The van der Waals surface area contributed by atoms with E-state index in [-0.39, 0.29) is 10.6 Å². The molecule has 0 N–H and O–H groups in total. The molecule has 0 saturated carbocycles. The molecule has 2 aromatic heterocycles. The van der Waals surface area contributed by atoms with Crippen LogP contribution in [0.25, 0.3) is 5.65 Å². The molecular weight excluding hydrogens is 321 g/mol. The highest BCUT2D eigenvalue weighted by Crippen LogP contribution is 2.24. The van der Waals surface area contributed by atoms with Crippen molar-refractivity contribution in [2.24, 2.45) is 0 Å². The Hall–Kier alpha value is -2.99. The van der Waals surface area contributed by atoms with Crippen LogP contribution in [-0.4, -0.2) is 29.6 Å². The Balaban J connectivity index is 2.12. The van der Waals surface area contributed by atoms with E-state index in [4.69, 9.17) is 5.26 Å². The van der Waals surface area contributed by atoms with Crippen molar-refractivity contribution < 1.29 is 12.8 Å². The van der Waals surface area contributed by atoms with Gasteiger partial charge in [0.15, 0.2) is 5.65 Å². The molecule has 0 unspecified atom stereocenters. The first-order chi connectivity index (χ1) is 11.0. The van der Waals surface area contributed by atoms with E-state index >= 15 is 0 Å². The zero-order chi connectivity index (χ0) is 16.4. The summed E-state index contributed by atoms with van der Waals surface area (Å²) in [5.41, 5.74) is 0.567. The fourth-order valence-electron chi connectivity index (χ4n) is 2.10. The molecule has 9 heteroatoms. The standard InChI is InChI=1S/C14H10FN5O2S/c15-11-2-1-3-12(8-11)20(7-6-16)23(21,22)13-4-5-14-18-17-10-19(14)9-13/h1-5,8-10H,7H2. The Labute approximate surface area is 131 Å². The summed E-state index contributed by atoms with van der Waals surface area (Å²) in [5.74, 6) is -0.588. The molecule has 0 bridgehead atoms. The predicted octanol–water partition coefficient (Wildman–Crippen LogP) is 1.59. The zero-order valence-corrected chi connectivity index (χ0v) is 12.5. The second-order valence-corrected chi connectivity index (χ2v) is 6.47. The smallest absolute Gasteiger partial charge is 0.266 e. The molecule has 0 aliphatic carbocycles. The molecule has 0 atom stereocenters. The lowest BCUT2D eigenvalue weighted by Gasteiger charge is -2.21. The number of pyridine rings is 1. The van der Waals surface area contributed by atoms with E-state index in [0.717, 1.165) is 10.4 Å². The summed E-state index contributed by atoms with van der Waals surface area (Å²) in [6, 6.07) is 9.72. The lowest BCUT2D eigenvalue weighted by Crippen LogP contribution is -2.31. The molecule has 0 amide bonds. The molecule has 116 valence electrons. The summed E-state index contributed by atoms with van der Waals surface area (Å²) in [6.45, 7) is -0.438. The van der Waals surface area contributed by atoms with Crippen LogP contribution in [0.2, 0.25) is 0 Å². The van der Waals surface area contributed by atoms with E-state index in [9.17, 15) is 12.8 Å². The first-order valence-electron chi connectivity index (χ1n) is 6.47. The monoisotopic (exact) mass is 331 g/mol. The fraction of sp³-hybridized carbons (Fsp3) is 0.0714. The predicted molar refractivity (Wildman–Crippen MR) is 79.5 cm³/mol. The van der Waals surface area contributed by atoms with Crippen LogP contribution in [-0.2, 0) is 10.0 Å². The number of hydrogen-bond acceptors (Lipinski definition) is 5. The van der Waals surface area contributed by atoms with Crippen LogP contribution in [0.1, 0.15) is 0 Å². The van der Waals surface area contributed by atoms with Crippen LogP contribution in [0.5, 0.6) is 0 Å².